The molecule has 1 fully saturated rings. The highest BCUT2D eigenvalue weighted by atomic mass is 16.2. The first-order valence-corrected chi connectivity index (χ1v) is 6.56. The number of nitrogens with zero attached hydrogens (tertiary/aromatic N) is 1. The van der Waals surface area contributed by atoms with Crippen molar-refractivity contribution in [2.75, 3.05) is 19.6 Å². The van der Waals surface area contributed by atoms with Crippen LogP contribution in [0.4, 0.5) is 0 Å². The van der Waals surface area contributed by atoms with Crippen molar-refractivity contribution in [3.63, 3.8) is 0 Å². The summed E-state index contributed by atoms with van der Waals surface area (Å²) in [7, 11) is 0. The summed E-state index contributed by atoms with van der Waals surface area (Å²) in [6, 6.07) is 0.0578. The number of rotatable bonds is 4. The highest BCUT2D eigenvalue weighted by Gasteiger charge is 2.27. The standard InChI is InChI=1S/C13H26N2O/c1-5-15(9-10(2)3)13(16)12-8-11(4)6-7-14-12/h10-12,14H,5-9H2,1-4H3. The Kier molecular flexibility index (Phi) is 5.26. The van der Waals surface area contributed by atoms with Gasteiger partial charge in [-0.05, 0) is 38.1 Å². The van der Waals surface area contributed by atoms with Gasteiger partial charge in [0.15, 0.2) is 0 Å². The lowest BCUT2D eigenvalue weighted by Gasteiger charge is -2.32. The predicted molar refractivity (Wildman–Crippen MR) is 67.3 cm³/mol. The monoisotopic (exact) mass is 226 g/mol. The van der Waals surface area contributed by atoms with Gasteiger partial charge >= 0.3 is 0 Å². The third-order valence-electron chi connectivity index (χ3n) is 3.24. The summed E-state index contributed by atoms with van der Waals surface area (Å²) in [6.07, 6.45) is 2.19. The Morgan fingerprint density at radius 1 is 1.50 bits per heavy atom. The molecule has 2 unspecified atom stereocenters. The highest BCUT2D eigenvalue weighted by molar-refractivity contribution is 5.82. The molecule has 94 valence electrons. The fourth-order valence-corrected chi connectivity index (χ4v) is 2.33. The van der Waals surface area contributed by atoms with Crippen molar-refractivity contribution in [1.29, 1.82) is 0 Å². The van der Waals surface area contributed by atoms with Crippen LogP contribution >= 0.6 is 0 Å². The molecule has 0 radical (unpaired) electrons. The SMILES string of the molecule is CCN(CC(C)C)C(=O)C1CC(C)CCN1. The van der Waals surface area contributed by atoms with Crippen molar-refractivity contribution in [3.05, 3.63) is 0 Å². The van der Waals surface area contributed by atoms with Gasteiger partial charge < -0.3 is 10.2 Å². The van der Waals surface area contributed by atoms with Crippen molar-refractivity contribution in [2.45, 2.75) is 46.6 Å². The van der Waals surface area contributed by atoms with Gasteiger partial charge in [0.25, 0.3) is 0 Å². The van der Waals surface area contributed by atoms with E-state index >= 15 is 0 Å². The number of amides is 1. The zero-order valence-corrected chi connectivity index (χ0v) is 11.1. The number of carbonyl (C=O) groups excluding carboxylic acids is 1. The minimum absolute atomic E-state index is 0.0578. The van der Waals surface area contributed by atoms with E-state index in [4.69, 9.17) is 0 Å². The third-order valence-corrected chi connectivity index (χ3v) is 3.24. The smallest absolute Gasteiger partial charge is 0.239 e. The molecule has 16 heavy (non-hydrogen) atoms. The summed E-state index contributed by atoms with van der Waals surface area (Å²) in [5.41, 5.74) is 0. The van der Waals surface area contributed by atoms with Gasteiger partial charge in [-0.3, -0.25) is 4.79 Å². The summed E-state index contributed by atoms with van der Waals surface area (Å²) >= 11 is 0. The maximum absolute atomic E-state index is 12.3. The zero-order valence-electron chi connectivity index (χ0n) is 11.1. The summed E-state index contributed by atoms with van der Waals surface area (Å²) in [5.74, 6) is 1.51. The Morgan fingerprint density at radius 3 is 2.69 bits per heavy atom. The summed E-state index contributed by atoms with van der Waals surface area (Å²) in [5, 5.41) is 3.35. The van der Waals surface area contributed by atoms with Crippen LogP contribution in [0.3, 0.4) is 0 Å². The molecule has 1 N–H and O–H groups in total. The van der Waals surface area contributed by atoms with Crippen molar-refractivity contribution < 1.29 is 4.79 Å². The molecule has 0 saturated carbocycles. The lowest BCUT2D eigenvalue weighted by atomic mass is 9.93. The molecule has 2 atom stereocenters. The first kappa shape index (κ1) is 13.5. The van der Waals surface area contributed by atoms with Crippen LogP contribution in [0.2, 0.25) is 0 Å². The maximum Gasteiger partial charge on any atom is 0.239 e. The molecular weight excluding hydrogens is 200 g/mol. The van der Waals surface area contributed by atoms with Crippen LogP contribution in [0.5, 0.6) is 0 Å². The van der Waals surface area contributed by atoms with E-state index < -0.39 is 0 Å². The van der Waals surface area contributed by atoms with E-state index in [0.29, 0.717) is 17.7 Å². The minimum Gasteiger partial charge on any atom is -0.341 e. The molecular formula is C13H26N2O. The van der Waals surface area contributed by atoms with Crippen LogP contribution in [-0.4, -0.2) is 36.5 Å². The lowest BCUT2D eigenvalue weighted by molar-refractivity contribution is -0.134. The molecule has 0 bridgehead atoms. The molecule has 1 aliphatic heterocycles. The number of hydrogen-bond acceptors (Lipinski definition) is 2. The van der Waals surface area contributed by atoms with Gasteiger partial charge in [0, 0.05) is 13.1 Å². The normalized spacial score (nSPS) is 25.8. The maximum atomic E-state index is 12.3. The van der Waals surface area contributed by atoms with Gasteiger partial charge in [-0.2, -0.15) is 0 Å². The molecule has 3 nitrogen and oxygen atoms in total. The second-order valence-corrected chi connectivity index (χ2v) is 5.41. The van der Waals surface area contributed by atoms with Crippen molar-refractivity contribution in [2.24, 2.45) is 11.8 Å². The Labute approximate surface area is 99.6 Å². The van der Waals surface area contributed by atoms with Crippen molar-refractivity contribution in [1.82, 2.24) is 10.2 Å². The Morgan fingerprint density at radius 2 is 2.19 bits per heavy atom. The molecule has 0 aliphatic carbocycles. The van der Waals surface area contributed by atoms with Crippen LogP contribution < -0.4 is 5.32 Å². The van der Waals surface area contributed by atoms with Gasteiger partial charge in [-0.25, -0.2) is 0 Å². The molecule has 0 aromatic carbocycles. The van der Waals surface area contributed by atoms with Crippen molar-refractivity contribution in [3.8, 4) is 0 Å². The average Bonchev–Trinajstić information content (AvgIpc) is 2.24. The fraction of sp³-hybridized carbons (Fsp3) is 0.923. The van der Waals surface area contributed by atoms with E-state index in [1.165, 1.54) is 6.42 Å². The van der Waals surface area contributed by atoms with Gasteiger partial charge in [-0.15, -0.1) is 0 Å². The van der Waals surface area contributed by atoms with Crippen LogP contribution in [-0.2, 0) is 4.79 Å². The number of likely N-dealkylation sites (N-methyl/N-ethyl adjacent to an activating group) is 1. The van der Waals surface area contributed by atoms with Crippen LogP contribution in [0.1, 0.15) is 40.5 Å². The second-order valence-electron chi connectivity index (χ2n) is 5.41. The number of hydrogen-bond donors (Lipinski definition) is 1. The van der Waals surface area contributed by atoms with Gasteiger partial charge in [0.1, 0.15) is 0 Å². The predicted octanol–water partition coefficient (Wildman–Crippen LogP) is 1.88. The van der Waals surface area contributed by atoms with Crippen molar-refractivity contribution >= 4 is 5.91 Å². The number of carbonyl (C=O) groups is 1. The molecule has 0 aromatic rings. The zero-order chi connectivity index (χ0) is 12.1. The highest BCUT2D eigenvalue weighted by Crippen LogP contribution is 2.17. The van der Waals surface area contributed by atoms with Crippen LogP contribution in [0, 0.1) is 11.8 Å². The largest absolute Gasteiger partial charge is 0.341 e. The summed E-state index contributed by atoms with van der Waals surface area (Å²) in [6.45, 7) is 11.3. The molecule has 1 saturated heterocycles. The van der Waals surface area contributed by atoms with E-state index in [9.17, 15) is 4.79 Å². The topological polar surface area (TPSA) is 32.3 Å². The third kappa shape index (κ3) is 3.78. The summed E-state index contributed by atoms with van der Waals surface area (Å²) in [4.78, 5) is 14.3. The first-order valence-electron chi connectivity index (χ1n) is 6.56. The lowest BCUT2D eigenvalue weighted by Crippen LogP contribution is -2.50. The molecule has 1 heterocycles. The minimum atomic E-state index is 0.0578. The molecule has 1 amide bonds. The first-order chi connectivity index (χ1) is 7.54. The molecule has 0 aromatic heterocycles. The average molecular weight is 226 g/mol. The van der Waals surface area contributed by atoms with Gasteiger partial charge in [0.2, 0.25) is 5.91 Å². The van der Waals surface area contributed by atoms with Gasteiger partial charge in [-0.1, -0.05) is 20.8 Å². The van der Waals surface area contributed by atoms with Gasteiger partial charge in [0.05, 0.1) is 6.04 Å². The second kappa shape index (κ2) is 6.24. The molecule has 3 heteroatoms. The number of piperidine rings is 1. The molecule has 1 aliphatic rings. The van der Waals surface area contributed by atoms with E-state index in [0.717, 1.165) is 26.1 Å². The van der Waals surface area contributed by atoms with E-state index in [2.05, 4.69) is 33.0 Å². The Balaban J connectivity index is 2.52. The molecule has 1 rings (SSSR count). The van der Waals surface area contributed by atoms with Crippen LogP contribution in [0.15, 0.2) is 0 Å². The fourth-order valence-electron chi connectivity index (χ4n) is 2.33. The van der Waals surface area contributed by atoms with Crippen LogP contribution in [0.25, 0.3) is 0 Å². The molecule has 0 spiro atoms. The Bertz CT molecular complexity index is 222. The number of nitrogens with one attached hydrogen (secondary N) is 1. The van der Waals surface area contributed by atoms with E-state index in [-0.39, 0.29) is 6.04 Å². The summed E-state index contributed by atoms with van der Waals surface area (Å²) < 4.78 is 0. The quantitative estimate of drug-likeness (QED) is 0.794. The Hall–Kier alpha value is -0.570. The van der Waals surface area contributed by atoms with E-state index in [1.54, 1.807) is 0 Å². The van der Waals surface area contributed by atoms with E-state index in [1.807, 2.05) is 4.90 Å².